The summed E-state index contributed by atoms with van der Waals surface area (Å²) in [5.74, 6) is -0.249. The molecule has 1 heterocycles. The number of tetrazole rings is 1. The van der Waals surface area contributed by atoms with Gasteiger partial charge in [-0.15, -0.1) is 5.10 Å². The Bertz CT molecular complexity index is 1010. The van der Waals surface area contributed by atoms with Gasteiger partial charge in [0.25, 0.3) is 5.91 Å². The first-order chi connectivity index (χ1) is 14.0. The van der Waals surface area contributed by atoms with Crippen molar-refractivity contribution in [1.29, 1.82) is 0 Å². The van der Waals surface area contributed by atoms with Crippen LogP contribution in [0.2, 0.25) is 0 Å². The predicted molar refractivity (Wildman–Crippen MR) is 112 cm³/mol. The Morgan fingerprint density at radius 1 is 1.10 bits per heavy atom. The molecule has 0 radical (unpaired) electrons. The number of hydrogen-bond acceptors (Lipinski definition) is 6. The van der Waals surface area contributed by atoms with E-state index in [0.717, 1.165) is 16.8 Å². The summed E-state index contributed by atoms with van der Waals surface area (Å²) < 4.78 is 1.65. The summed E-state index contributed by atoms with van der Waals surface area (Å²) in [4.78, 5) is 24.3. The van der Waals surface area contributed by atoms with Gasteiger partial charge in [-0.3, -0.25) is 9.59 Å². The highest BCUT2D eigenvalue weighted by Gasteiger charge is 2.15. The number of nitrogens with one attached hydrogen (secondary N) is 2. The highest BCUT2D eigenvalue weighted by atomic mass is 32.2. The molecule has 9 heteroatoms. The minimum absolute atomic E-state index is 0.136. The predicted octanol–water partition coefficient (Wildman–Crippen LogP) is 2.76. The van der Waals surface area contributed by atoms with Crippen molar-refractivity contribution >= 4 is 29.3 Å². The smallest absolute Gasteiger partial charge is 0.251 e. The third-order valence-electron chi connectivity index (χ3n) is 4.17. The molecule has 0 spiro atoms. The normalized spacial score (nSPS) is 10.6. The quantitative estimate of drug-likeness (QED) is 0.581. The topological polar surface area (TPSA) is 102 Å². The average molecular weight is 411 g/mol. The van der Waals surface area contributed by atoms with Crippen LogP contribution in [0.4, 0.5) is 5.69 Å². The first kappa shape index (κ1) is 20.5. The Hall–Kier alpha value is -3.20. The second-order valence-electron chi connectivity index (χ2n) is 6.39. The van der Waals surface area contributed by atoms with E-state index >= 15 is 0 Å². The van der Waals surface area contributed by atoms with Gasteiger partial charge in [0, 0.05) is 17.8 Å². The number of hydrogen-bond donors (Lipinski definition) is 2. The molecule has 0 aliphatic rings. The van der Waals surface area contributed by atoms with E-state index in [1.807, 2.05) is 39.0 Å². The number of carbonyl (C=O) groups excluding carboxylic acids is 2. The number of para-hydroxylation sites is 1. The maximum absolute atomic E-state index is 12.4. The lowest BCUT2D eigenvalue weighted by atomic mass is 10.1. The van der Waals surface area contributed by atoms with E-state index in [-0.39, 0.29) is 17.6 Å². The van der Waals surface area contributed by atoms with Crippen molar-refractivity contribution in [2.75, 3.05) is 17.6 Å². The summed E-state index contributed by atoms with van der Waals surface area (Å²) in [6, 6.07) is 12.8. The molecular formula is C20H22N6O2S. The van der Waals surface area contributed by atoms with E-state index in [2.05, 4.69) is 26.2 Å². The van der Waals surface area contributed by atoms with E-state index < -0.39 is 0 Å². The first-order valence-electron chi connectivity index (χ1n) is 9.15. The van der Waals surface area contributed by atoms with Crippen molar-refractivity contribution in [3.05, 3.63) is 59.2 Å². The Kier molecular flexibility index (Phi) is 6.61. The van der Waals surface area contributed by atoms with Crippen molar-refractivity contribution in [2.45, 2.75) is 25.9 Å². The third kappa shape index (κ3) is 5.00. The largest absolute Gasteiger partial charge is 0.352 e. The number of aryl methyl sites for hydroxylation is 2. The number of amides is 2. The zero-order valence-electron chi connectivity index (χ0n) is 16.5. The monoisotopic (exact) mass is 410 g/mol. The number of carbonyl (C=O) groups is 2. The Labute approximate surface area is 173 Å². The molecule has 0 fully saturated rings. The van der Waals surface area contributed by atoms with Gasteiger partial charge < -0.3 is 10.6 Å². The number of anilines is 1. The molecule has 0 atom stereocenters. The van der Waals surface area contributed by atoms with Gasteiger partial charge in [0.15, 0.2) is 0 Å². The zero-order valence-corrected chi connectivity index (χ0v) is 17.3. The van der Waals surface area contributed by atoms with Crippen LogP contribution in [0.3, 0.4) is 0 Å². The molecule has 1 aromatic heterocycles. The Morgan fingerprint density at radius 2 is 1.83 bits per heavy atom. The molecule has 2 N–H and O–H groups in total. The molecule has 3 aromatic rings. The van der Waals surface area contributed by atoms with E-state index in [1.54, 1.807) is 28.9 Å². The summed E-state index contributed by atoms with van der Waals surface area (Å²) in [5, 5.41) is 18.0. The molecule has 2 amide bonds. The van der Waals surface area contributed by atoms with E-state index in [9.17, 15) is 9.59 Å². The molecule has 0 aliphatic carbocycles. The molecule has 0 saturated carbocycles. The van der Waals surface area contributed by atoms with Gasteiger partial charge in [-0.2, -0.15) is 4.68 Å². The summed E-state index contributed by atoms with van der Waals surface area (Å²) in [6.07, 6.45) is 0. The number of aromatic nitrogens is 4. The van der Waals surface area contributed by atoms with Gasteiger partial charge in [-0.05, 0) is 60.5 Å². The van der Waals surface area contributed by atoms with Gasteiger partial charge in [0.2, 0.25) is 11.1 Å². The molecular weight excluding hydrogens is 388 g/mol. The van der Waals surface area contributed by atoms with Crippen LogP contribution in [0.5, 0.6) is 0 Å². The average Bonchev–Trinajstić information content (AvgIpc) is 3.15. The fourth-order valence-electron chi connectivity index (χ4n) is 2.88. The molecule has 0 bridgehead atoms. The SMILES string of the molecule is CCNC(=O)c1cccc(NC(=O)CSc2nnnn2-c2c(C)cccc2C)c1. The lowest BCUT2D eigenvalue weighted by Gasteiger charge is -2.11. The summed E-state index contributed by atoms with van der Waals surface area (Å²) in [6.45, 7) is 6.38. The van der Waals surface area contributed by atoms with Crippen LogP contribution in [0.15, 0.2) is 47.6 Å². The fraction of sp³-hybridized carbons (Fsp3) is 0.250. The molecule has 0 unspecified atom stereocenters. The molecule has 3 rings (SSSR count). The lowest BCUT2D eigenvalue weighted by Crippen LogP contribution is -2.23. The van der Waals surface area contributed by atoms with Gasteiger partial charge in [0.05, 0.1) is 11.4 Å². The van der Waals surface area contributed by atoms with Crippen molar-refractivity contribution in [3.8, 4) is 5.69 Å². The molecule has 29 heavy (non-hydrogen) atoms. The third-order valence-corrected chi connectivity index (χ3v) is 5.09. The number of nitrogens with zero attached hydrogens (tertiary/aromatic N) is 4. The summed E-state index contributed by atoms with van der Waals surface area (Å²) >= 11 is 1.25. The van der Waals surface area contributed by atoms with Crippen molar-refractivity contribution in [1.82, 2.24) is 25.5 Å². The van der Waals surface area contributed by atoms with Crippen molar-refractivity contribution in [2.24, 2.45) is 0 Å². The lowest BCUT2D eigenvalue weighted by molar-refractivity contribution is -0.113. The van der Waals surface area contributed by atoms with Crippen LogP contribution in [0, 0.1) is 13.8 Å². The van der Waals surface area contributed by atoms with Crippen LogP contribution < -0.4 is 10.6 Å². The van der Waals surface area contributed by atoms with E-state index in [0.29, 0.717) is 23.0 Å². The summed E-state index contributed by atoms with van der Waals surface area (Å²) in [5.41, 5.74) is 4.07. The second-order valence-corrected chi connectivity index (χ2v) is 7.33. The van der Waals surface area contributed by atoms with Crippen molar-refractivity contribution < 1.29 is 9.59 Å². The van der Waals surface area contributed by atoms with Crippen LogP contribution >= 0.6 is 11.8 Å². The van der Waals surface area contributed by atoms with Crippen LogP contribution in [-0.2, 0) is 4.79 Å². The standard InChI is InChI=1S/C20H22N6O2S/c1-4-21-19(28)15-9-6-10-16(11-15)22-17(27)12-29-20-23-24-25-26(20)18-13(2)7-5-8-14(18)3/h5-11H,4,12H2,1-3H3,(H,21,28)(H,22,27). The number of thioether (sulfide) groups is 1. The molecule has 150 valence electrons. The Morgan fingerprint density at radius 3 is 2.55 bits per heavy atom. The van der Waals surface area contributed by atoms with Crippen molar-refractivity contribution in [3.63, 3.8) is 0 Å². The molecule has 2 aromatic carbocycles. The van der Waals surface area contributed by atoms with Gasteiger partial charge >= 0.3 is 0 Å². The maximum atomic E-state index is 12.4. The second kappa shape index (κ2) is 9.33. The van der Waals surface area contributed by atoms with Gasteiger partial charge in [-0.1, -0.05) is 36.0 Å². The number of benzene rings is 2. The van der Waals surface area contributed by atoms with Crippen LogP contribution in [-0.4, -0.2) is 44.3 Å². The van der Waals surface area contributed by atoms with E-state index in [1.165, 1.54) is 11.8 Å². The van der Waals surface area contributed by atoms with Gasteiger partial charge in [0.1, 0.15) is 0 Å². The van der Waals surface area contributed by atoms with Crippen LogP contribution in [0.1, 0.15) is 28.4 Å². The molecule has 0 saturated heterocycles. The highest BCUT2D eigenvalue weighted by molar-refractivity contribution is 7.99. The minimum atomic E-state index is -0.209. The fourth-order valence-corrected chi connectivity index (χ4v) is 3.55. The van der Waals surface area contributed by atoms with Crippen LogP contribution in [0.25, 0.3) is 5.69 Å². The maximum Gasteiger partial charge on any atom is 0.251 e. The minimum Gasteiger partial charge on any atom is -0.352 e. The number of rotatable bonds is 7. The highest BCUT2D eigenvalue weighted by Crippen LogP contribution is 2.23. The molecule has 8 nitrogen and oxygen atoms in total. The first-order valence-corrected chi connectivity index (χ1v) is 10.1. The van der Waals surface area contributed by atoms with E-state index in [4.69, 9.17) is 0 Å². The summed E-state index contributed by atoms with van der Waals surface area (Å²) in [7, 11) is 0. The Balaban J connectivity index is 1.66. The molecule has 0 aliphatic heterocycles. The zero-order chi connectivity index (χ0) is 20.8. The van der Waals surface area contributed by atoms with Gasteiger partial charge in [-0.25, -0.2) is 0 Å².